The molecule has 0 saturated carbocycles. The van der Waals surface area contributed by atoms with E-state index in [2.05, 4.69) is 15.7 Å². The molecule has 2 unspecified atom stereocenters. The third-order valence-corrected chi connectivity index (χ3v) is 11.9. The molecule has 12 nitrogen and oxygen atoms in total. The van der Waals surface area contributed by atoms with Gasteiger partial charge in [0.2, 0.25) is 0 Å². The summed E-state index contributed by atoms with van der Waals surface area (Å²) in [6, 6.07) is 9.80. The van der Waals surface area contributed by atoms with Crippen molar-refractivity contribution in [2.45, 2.75) is 82.3 Å². The summed E-state index contributed by atoms with van der Waals surface area (Å²) in [5.74, 6) is 4.13. The number of terminal acetylenes is 1. The molecule has 0 N–H and O–H groups in total. The monoisotopic (exact) mass is 743 g/mol. The number of hydrogen-bond acceptors (Lipinski definition) is 11. The molecule has 6 heterocycles. The number of piperazine rings is 1. The molecular weight excluding hydrogens is 698 g/mol. The summed E-state index contributed by atoms with van der Waals surface area (Å²) in [4.78, 5) is 36.3. The Morgan fingerprint density at radius 3 is 2.68 bits per heavy atom. The molecule has 1 amide bonds. The normalized spacial score (nSPS) is 24.6. The highest BCUT2D eigenvalue weighted by atomic mass is 32.1. The van der Waals surface area contributed by atoms with E-state index in [4.69, 9.17) is 40.3 Å². The lowest BCUT2D eigenvalue weighted by atomic mass is 9.95. The topological polar surface area (TPSA) is 107 Å². The zero-order valence-electron chi connectivity index (χ0n) is 30.9. The van der Waals surface area contributed by atoms with Crippen LogP contribution in [-0.2, 0) is 16.5 Å². The fourth-order valence-corrected chi connectivity index (χ4v) is 9.63. The summed E-state index contributed by atoms with van der Waals surface area (Å²) >= 11 is 1.43. The van der Waals surface area contributed by atoms with Gasteiger partial charge in [0.15, 0.2) is 22.2 Å². The smallest absolute Gasteiger partial charge is 0.410 e. The average molecular weight is 744 g/mol. The molecule has 2 bridgehead atoms. The van der Waals surface area contributed by atoms with Crippen LogP contribution in [0.4, 0.5) is 20.7 Å². The molecule has 280 valence electrons. The van der Waals surface area contributed by atoms with E-state index in [1.807, 2.05) is 67.6 Å². The Hall–Kier alpha value is -4.45. The Kier molecular flexibility index (Phi) is 9.23. The number of anilines is 1. The van der Waals surface area contributed by atoms with Crippen LogP contribution in [0.15, 0.2) is 35.3 Å². The van der Waals surface area contributed by atoms with Crippen LogP contribution in [0, 0.1) is 12.3 Å². The van der Waals surface area contributed by atoms with Gasteiger partial charge in [0.05, 0.1) is 23.3 Å². The molecule has 4 aliphatic rings. The predicted molar refractivity (Wildman–Crippen MR) is 202 cm³/mol. The first-order chi connectivity index (χ1) is 25.4. The van der Waals surface area contributed by atoms with Crippen LogP contribution in [0.2, 0.25) is 0 Å². The van der Waals surface area contributed by atoms with Crippen molar-refractivity contribution in [3.63, 3.8) is 0 Å². The number of alkyl halides is 1. The number of aryl methyl sites for hydroxylation is 1. The minimum atomic E-state index is -0.861. The summed E-state index contributed by atoms with van der Waals surface area (Å²) in [6.45, 7) is 8.57. The zero-order valence-corrected chi connectivity index (χ0v) is 31.7. The number of halogens is 1. The second kappa shape index (κ2) is 13.8. The molecule has 0 spiro atoms. The van der Waals surface area contributed by atoms with E-state index in [9.17, 15) is 9.18 Å². The molecule has 4 aliphatic heterocycles. The number of methoxy groups -OCH3 is 1. The molecule has 2 aromatic carbocycles. The highest BCUT2D eigenvalue weighted by Gasteiger charge is 2.50. The van der Waals surface area contributed by atoms with Gasteiger partial charge in [-0.1, -0.05) is 29.4 Å². The number of nitrogens with zero attached hydrogens (tertiary/aromatic N) is 7. The van der Waals surface area contributed by atoms with Crippen molar-refractivity contribution in [1.29, 1.82) is 0 Å². The van der Waals surface area contributed by atoms with Crippen molar-refractivity contribution >= 4 is 50.1 Å². The van der Waals surface area contributed by atoms with Crippen LogP contribution < -0.4 is 19.2 Å². The summed E-state index contributed by atoms with van der Waals surface area (Å²) in [7, 11) is 3.54. The van der Waals surface area contributed by atoms with Crippen LogP contribution in [0.25, 0.3) is 21.1 Å². The highest BCUT2D eigenvalue weighted by Crippen LogP contribution is 2.41. The maximum absolute atomic E-state index is 14.6. The number of hydrogen-bond donors (Lipinski definition) is 0. The lowest BCUT2D eigenvalue weighted by Crippen LogP contribution is -2.57. The largest absolute Gasteiger partial charge is 0.467 e. The van der Waals surface area contributed by atoms with Gasteiger partial charge in [-0.05, 0) is 70.5 Å². The van der Waals surface area contributed by atoms with Gasteiger partial charge in [-0.25, -0.2) is 14.2 Å². The van der Waals surface area contributed by atoms with Gasteiger partial charge in [-0.2, -0.15) is 9.97 Å². The molecule has 53 heavy (non-hydrogen) atoms. The summed E-state index contributed by atoms with van der Waals surface area (Å²) in [5, 5.41) is 1.74. The lowest BCUT2D eigenvalue weighted by molar-refractivity contribution is 0.0122. The van der Waals surface area contributed by atoms with Gasteiger partial charge in [0.25, 0.3) is 0 Å². The number of carbonyl (C=O) groups excluding carboxylic acids is 1. The minimum absolute atomic E-state index is 0.0274. The molecule has 4 aromatic rings. The Morgan fingerprint density at radius 2 is 1.94 bits per heavy atom. The molecule has 4 saturated heterocycles. The standard InChI is InChI=1S/C39H46FN7O5S/c1-7-24-10-8-11-25-16-29(51-23-49-6)17-30(31(24)25)41-36-44(5)32-33(45-20-27-12-13-28(21-45)47(27)37(48)52-38(2,3)4)42-35(43-34(32)53-36)50-22-39-14-9-15-46(39)19-26(40)18-39/h1,8,10-11,16-17,26-28H,9,12-15,18-23H2,2-6H3/b41-36-/t26-,27?,28?,39+/m1/s1. The fourth-order valence-electron chi connectivity index (χ4n) is 8.64. The van der Waals surface area contributed by atoms with Crippen LogP contribution in [0.3, 0.4) is 0 Å². The second-order valence-corrected chi connectivity index (χ2v) is 16.6. The second-order valence-electron chi connectivity index (χ2n) is 15.6. The number of benzene rings is 2. The number of rotatable bonds is 8. The highest BCUT2D eigenvalue weighted by molar-refractivity contribution is 7.16. The third-order valence-electron chi connectivity index (χ3n) is 10.9. The Morgan fingerprint density at radius 1 is 1.15 bits per heavy atom. The van der Waals surface area contributed by atoms with Gasteiger partial charge >= 0.3 is 12.1 Å². The van der Waals surface area contributed by atoms with E-state index >= 15 is 0 Å². The van der Waals surface area contributed by atoms with Crippen LogP contribution >= 0.6 is 11.3 Å². The van der Waals surface area contributed by atoms with E-state index < -0.39 is 11.8 Å². The van der Waals surface area contributed by atoms with E-state index in [-0.39, 0.29) is 36.5 Å². The van der Waals surface area contributed by atoms with Crippen molar-refractivity contribution in [3.05, 3.63) is 40.7 Å². The number of ether oxygens (including phenoxy) is 4. The first-order valence-corrected chi connectivity index (χ1v) is 19.1. The van der Waals surface area contributed by atoms with Gasteiger partial charge < -0.3 is 28.4 Å². The Labute approximate surface area is 312 Å². The SMILES string of the molecule is C#Cc1cccc2cc(OCOC)cc(/N=c3\sc4nc(OC[C@@]56CCCN5C[C@H](F)C6)nc(N5CC6CCC(C5)N6C(=O)OC(C)(C)C)c4n3C)c12. The van der Waals surface area contributed by atoms with Crippen molar-refractivity contribution in [2.24, 2.45) is 12.0 Å². The van der Waals surface area contributed by atoms with Crippen molar-refractivity contribution in [2.75, 3.05) is 51.6 Å². The van der Waals surface area contributed by atoms with E-state index in [1.54, 1.807) is 7.11 Å². The van der Waals surface area contributed by atoms with Gasteiger partial charge in [-0.3, -0.25) is 9.80 Å². The molecular formula is C39H46FN7O5S. The molecule has 14 heteroatoms. The number of amides is 1. The molecule has 4 fully saturated rings. The van der Waals surface area contributed by atoms with Gasteiger partial charge in [0.1, 0.15) is 29.6 Å². The number of carbonyl (C=O) groups is 1. The first-order valence-electron chi connectivity index (χ1n) is 18.3. The lowest BCUT2D eigenvalue weighted by Gasteiger charge is -2.42. The minimum Gasteiger partial charge on any atom is -0.467 e. The third kappa shape index (κ3) is 6.68. The van der Waals surface area contributed by atoms with Gasteiger partial charge in [-0.15, -0.1) is 6.42 Å². The summed E-state index contributed by atoms with van der Waals surface area (Å²) in [6.07, 6.45) is 8.94. The molecule has 0 radical (unpaired) electrons. The maximum Gasteiger partial charge on any atom is 0.410 e. The maximum atomic E-state index is 14.6. The summed E-state index contributed by atoms with van der Waals surface area (Å²) < 4.78 is 39.9. The fraction of sp³-hybridized carbons (Fsp3) is 0.538. The van der Waals surface area contributed by atoms with Crippen molar-refractivity contribution < 1.29 is 28.1 Å². The van der Waals surface area contributed by atoms with Crippen LogP contribution in [0.1, 0.15) is 58.4 Å². The number of thiazole rings is 1. The predicted octanol–water partition coefficient (Wildman–Crippen LogP) is 5.92. The summed E-state index contributed by atoms with van der Waals surface area (Å²) in [5.41, 5.74) is 1.26. The molecule has 8 rings (SSSR count). The first kappa shape index (κ1) is 35.6. The van der Waals surface area contributed by atoms with E-state index in [0.29, 0.717) is 59.5 Å². The Balaban J connectivity index is 1.22. The zero-order chi connectivity index (χ0) is 37.1. The number of aromatic nitrogens is 3. The van der Waals surface area contributed by atoms with Crippen LogP contribution in [-0.4, -0.2) is 107 Å². The quantitative estimate of drug-likeness (QED) is 0.161. The average Bonchev–Trinajstić information content (AvgIpc) is 3.82. The van der Waals surface area contributed by atoms with E-state index in [1.165, 1.54) is 11.3 Å². The molecule has 4 atom stereocenters. The molecule has 0 aliphatic carbocycles. The van der Waals surface area contributed by atoms with Crippen molar-refractivity contribution in [1.82, 2.24) is 24.3 Å². The van der Waals surface area contributed by atoms with Gasteiger partial charge in [0, 0.05) is 57.2 Å². The Bertz CT molecular complexity index is 2160. The van der Waals surface area contributed by atoms with Crippen molar-refractivity contribution in [3.8, 4) is 24.1 Å². The van der Waals surface area contributed by atoms with E-state index in [0.717, 1.165) is 54.1 Å². The van der Waals surface area contributed by atoms with Crippen LogP contribution in [0.5, 0.6) is 11.8 Å². The number of fused-ring (bicyclic) bond motifs is 5. The molecule has 2 aromatic heterocycles.